The molecule has 1 fully saturated rings. The summed E-state index contributed by atoms with van der Waals surface area (Å²) in [7, 11) is 4.10. The number of hydrogen-bond donors (Lipinski definition) is 0. The molecule has 2 aromatic carbocycles. The summed E-state index contributed by atoms with van der Waals surface area (Å²) < 4.78 is 44.3. The van der Waals surface area contributed by atoms with E-state index in [4.69, 9.17) is 4.74 Å². The molecule has 0 aromatic heterocycles. The van der Waals surface area contributed by atoms with E-state index in [0.717, 1.165) is 43.0 Å². The van der Waals surface area contributed by atoms with Crippen molar-refractivity contribution in [2.24, 2.45) is 0 Å². The molecule has 8 heteroatoms. The molecular formula is C26H34F3N3O2. The summed E-state index contributed by atoms with van der Waals surface area (Å²) in [5, 5.41) is 0. The number of carbonyl (C=O) groups excluding carboxylic acids is 1. The van der Waals surface area contributed by atoms with E-state index in [-0.39, 0.29) is 11.5 Å². The summed E-state index contributed by atoms with van der Waals surface area (Å²) in [5.41, 5.74) is 3.14. The molecule has 0 N–H and O–H groups in total. The molecule has 1 aliphatic rings. The molecule has 34 heavy (non-hydrogen) atoms. The Kier molecular flexibility index (Phi) is 8.60. The van der Waals surface area contributed by atoms with Crippen LogP contribution in [0.5, 0.6) is 5.75 Å². The molecule has 5 nitrogen and oxygen atoms in total. The molecule has 3 rings (SSSR count). The van der Waals surface area contributed by atoms with Gasteiger partial charge in [-0.25, -0.2) is 0 Å². The number of carbonyl (C=O) groups is 1. The fourth-order valence-electron chi connectivity index (χ4n) is 4.08. The second kappa shape index (κ2) is 11.2. The number of hydrogen-bond acceptors (Lipinski definition) is 4. The summed E-state index contributed by atoms with van der Waals surface area (Å²) in [6, 6.07) is 8.59. The van der Waals surface area contributed by atoms with Gasteiger partial charge in [0.15, 0.2) is 0 Å². The van der Waals surface area contributed by atoms with Crippen LogP contribution in [0.15, 0.2) is 36.4 Å². The van der Waals surface area contributed by atoms with Crippen molar-refractivity contribution in [3.8, 4) is 5.75 Å². The first-order valence-corrected chi connectivity index (χ1v) is 11.6. The summed E-state index contributed by atoms with van der Waals surface area (Å²) in [6.45, 7) is 9.19. The molecule has 1 aliphatic heterocycles. The second-order valence-electron chi connectivity index (χ2n) is 9.12. The van der Waals surface area contributed by atoms with E-state index in [1.165, 1.54) is 23.3 Å². The fourth-order valence-corrected chi connectivity index (χ4v) is 4.08. The largest absolute Gasteiger partial charge is 0.493 e. The van der Waals surface area contributed by atoms with Crippen molar-refractivity contribution in [3.63, 3.8) is 0 Å². The summed E-state index contributed by atoms with van der Waals surface area (Å²) in [5.74, 6) is 0.697. The van der Waals surface area contributed by atoms with Crippen LogP contribution in [-0.4, -0.2) is 74.0 Å². The average Bonchev–Trinajstić information content (AvgIpc) is 2.80. The van der Waals surface area contributed by atoms with E-state index < -0.39 is 11.7 Å². The van der Waals surface area contributed by atoms with Gasteiger partial charge in [-0.2, -0.15) is 13.2 Å². The topological polar surface area (TPSA) is 36.0 Å². The van der Waals surface area contributed by atoms with Crippen LogP contribution in [-0.2, 0) is 12.7 Å². The van der Waals surface area contributed by atoms with Gasteiger partial charge in [0.2, 0.25) is 0 Å². The Balaban J connectivity index is 1.52. The number of nitrogens with zero attached hydrogens (tertiary/aromatic N) is 3. The zero-order valence-corrected chi connectivity index (χ0v) is 20.4. The van der Waals surface area contributed by atoms with E-state index in [2.05, 4.69) is 43.8 Å². The van der Waals surface area contributed by atoms with Crippen molar-refractivity contribution < 1.29 is 22.7 Å². The van der Waals surface area contributed by atoms with Crippen LogP contribution >= 0.6 is 0 Å². The Labute approximate surface area is 200 Å². The van der Waals surface area contributed by atoms with Gasteiger partial charge in [-0.3, -0.25) is 9.69 Å². The monoisotopic (exact) mass is 477 g/mol. The maximum Gasteiger partial charge on any atom is 0.416 e. The Hall–Kier alpha value is -2.58. The highest BCUT2D eigenvalue weighted by Gasteiger charge is 2.30. The highest BCUT2D eigenvalue weighted by atomic mass is 19.4. The SMILES string of the molecule is Cc1c(CN2CCN(C(=O)c3ccc(C(F)(F)F)cc3)CC2)ccc(OCCCN(C)C)c1C. The highest BCUT2D eigenvalue weighted by Crippen LogP contribution is 2.29. The van der Waals surface area contributed by atoms with Gasteiger partial charge in [0, 0.05) is 44.8 Å². The lowest BCUT2D eigenvalue weighted by atomic mass is 10.0. The third-order valence-electron chi connectivity index (χ3n) is 6.37. The molecule has 0 unspecified atom stereocenters. The fraction of sp³-hybridized carbons (Fsp3) is 0.500. The van der Waals surface area contributed by atoms with Crippen LogP contribution in [0.2, 0.25) is 0 Å². The Morgan fingerprint density at radius 1 is 0.971 bits per heavy atom. The Bertz CT molecular complexity index is 966. The summed E-state index contributed by atoms with van der Waals surface area (Å²) in [4.78, 5) is 18.9. The first kappa shape index (κ1) is 26.0. The lowest BCUT2D eigenvalue weighted by Crippen LogP contribution is -2.48. The zero-order valence-electron chi connectivity index (χ0n) is 20.4. The number of alkyl halides is 3. The first-order valence-electron chi connectivity index (χ1n) is 11.6. The van der Waals surface area contributed by atoms with E-state index in [9.17, 15) is 18.0 Å². The molecule has 186 valence electrons. The van der Waals surface area contributed by atoms with E-state index >= 15 is 0 Å². The highest BCUT2D eigenvalue weighted by molar-refractivity contribution is 5.94. The van der Waals surface area contributed by atoms with Gasteiger partial charge < -0.3 is 14.5 Å². The van der Waals surface area contributed by atoms with E-state index in [1.54, 1.807) is 4.90 Å². The maximum atomic E-state index is 12.8. The van der Waals surface area contributed by atoms with Crippen molar-refractivity contribution >= 4 is 5.91 Å². The lowest BCUT2D eigenvalue weighted by Gasteiger charge is -2.35. The zero-order chi connectivity index (χ0) is 24.9. The van der Waals surface area contributed by atoms with Gasteiger partial charge in [0.05, 0.1) is 12.2 Å². The van der Waals surface area contributed by atoms with Crippen molar-refractivity contribution in [1.29, 1.82) is 0 Å². The average molecular weight is 478 g/mol. The Morgan fingerprint density at radius 3 is 2.21 bits per heavy atom. The molecule has 1 heterocycles. The predicted molar refractivity (Wildman–Crippen MR) is 127 cm³/mol. The van der Waals surface area contributed by atoms with E-state index in [0.29, 0.717) is 32.8 Å². The number of rotatable bonds is 8. The van der Waals surface area contributed by atoms with Gasteiger partial charge in [0.1, 0.15) is 5.75 Å². The molecular weight excluding hydrogens is 443 g/mol. The standard InChI is InChI=1S/C26H34F3N3O2/c1-19-20(2)24(34-17-5-12-30(3)4)11-8-22(19)18-31-13-15-32(16-14-31)25(33)21-6-9-23(10-7-21)26(27,28)29/h6-11H,5,12-18H2,1-4H3. The third kappa shape index (κ3) is 6.73. The normalized spacial score (nSPS) is 15.1. The Morgan fingerprint density at radius 2 is 1.62 bits per heavy atom. The minimum Gasteiger partial charge on any atom is -0.493 e. The van der Waals surface area contributed by atoms with Gasteiger partial charge in [-0.1, -0.05) is 6.07 Å². The molecule has 1 amide bonds. The predicted octanol–water partition coefficient (Wildman–Crippen LogP) is 4.61. The van der Waals surface area contributed by atoms with Crippen LogP contribution in [0.3, 0.4) is 0 Å². The van der Waals surface area contributed by atoms with Crippen molar-refractivity contribution in [3.05, 3.63) is 64.2 Å². The molecule has 0 saturated carbocycles. The molecule has 0 atom stereocenters. The summed E-state index contributed by atoms with van der Waals surface area (Å²) >= 11 is 0. The minimum absolute atomic E-state index is 0.226. The number of benzene rings is 2. The molecule has 1 saturated heterocycles. The third-order valence-corrected chi connectivity index (χ3v) is 6.37. The van der Waals surface area contributed by atoms with Gasteiger partial charge in [-0.15, -0.1) is 0 Å². The number of piperazine rings is 1. The van der Waals surface area contributed by atoms with Crippen molar-refractivity contribution in [1.82, 2.24) is 14.7 Å². The number of halogens is 3. The first-order chi connectivity index (χ1) is 16.1. The molecule has 0 spiro atoms. The second-order valence-corrected chi connectivity index (χ2v) is 9.12. The van der Waals surface area contributed by atoms with Crippen molar-refractivity contribution in [2.75, 3.05) is 53.4 Å². The maximum absolute atomic E-state index is 12.8. The van der Waals surface area contributed by atoms with Crippen LogP contribution in [0.4, 0.5) is 13.2 Å². The molecule has 0 bridgehead atoms. The molecule has 2 aromatic rings. The van der Waals surface area contributed by atoms with Crippen LogP contribution in [0, 0.1) is 13.8 Å². The lowest BCUT2D eigenvalue weighted by molar-refractivity contribution is -0.137. The smallest absolute Gasteiger partial charge is 0.416 e. The van der Waals surface area contributed by atoms with Crippen LogP contribution < -0.4 is 4.74 Å². The number of ether oxygens (including phenoxy) is 1. The van der Waals surface area contributed by atoms with Gasteiger partial charge in [-0.05, 0) is 81.4 Å². The van der Waals surface area contributed by atoms with Gasteiger partial charge >= 0.3 is 6.18 Å². The molecule has 0 aliphatic carbocycles. The van der Waals surface area contributed by atoms with Crippen molar-refractivity contribution in [2.45, 2.75) is 33.0 Å². The number of amides is 1. The van der Waals surface area contributed by atoms with Crippen LogP contribution in [0.1, 0.15) is 39.0 Å². The van der Waals surface area contributed by atoms with Crippen LogP contribution in [0.25, 0.3) is 0 Å². The van der Waals surface area contributed by atoms with Gasteiger partial charge in [0.25, 0.3) is 5.91 Å². The molecule has 0 radical (unpaired) electrons. The quantitative estimate of drug-likeness (QED) is 0.521. The minimum atomic E-state index is -4.40. The summed E-state index contributed by atoms with van der Waals surface area (Å²) in [6.07, 6.45) is -3.43. The van der Waals surface area contributed by atoms with E-state index in [1.807, 2.05) is 6.07 Å².